The van der Waals surface area contributed by atoms with Gasteiger partial charge in [0.2, 0.25) is 11.9 Å². The van der Waals surface area contributed by atoms with Crippen molar-refractivity contribution >= 4 is 23.8 Å². The lowest BCUT2D eigenvalue weighted by molar-refractivity contribution is -0.132. The fourth-order valence-corrected chi connectivity index (χ4v) is 4.03. The van der Waals surface area contributed by atoms with E-state index in [2.05, 4.69) is 65.0 Å². The van der Waals surface area contributed by atoms with Gasteiger partial charge in [0.05, 0.1) is 11.6 Å². The van der Waals surface area contributed by atoms with Gasteiger partial charge in [-0.3, -0.25) is 14.6 Å². The van der Waals surface area contributed by atoms with Crippen molar-refractivity contribution in [3.05, 3.63) is 59.8 Å². The number of hydrogen-bond donors (Lipinski definition) is 1. The highest BCUT2D eigenvalue weighted by Crippen LogP contribution is 2.26. The van der Waals surface area contributed by atoms with Crippen molar-refractivity contribution in [3.63, 3.8) is 0 Å². The van der Waals surface area contributed by atoms with Crippen molar-refractivity contribution in [1.82, 2.24) is 19.8 Å². The highest BCUT2D eigenvalue weighted by molar-refractivity contribution is 5.89. The number of amides is 2. The monoisotopic (exact) mass is 450 g/mol. The quantitative estimate of drug-likeness (QED) is 0.619. The van der Waals surface area contributed by atoms with Crippen LogP contribution < -0.4 is 10.2 Å². The second-order valence-electron chi connectivity index (χ2n) is 8.47. The Labute approximate surface area is 194 Å². The molecule has 2 aliphatic heterocycles. The summed E-state index contributed by atoms with van der Waals surface area (Å²) in [5.74, 6) is 1.07. The van der Waals surface area contributed by atoms with Gasteiger partial charge in [0.25, 0.3) is 0 Å². The minimum absolute atomic E-state index is 0.00395. The fourth-order valence-electron chi connectivity index (χ4n) is 4.03. The van der Waals surface area contributed by atoms with Crippen LogP contribution in [0.1, 0.15) is 36.6 Å². The van der Waals surface area contributed by atoms with Crippen molar-refractivity contribution in [2.45, 2.75) is 39.1 Å². The number of likely N-dealkylation sites (tertiary alicyclic amines) is 1. The summed E-state index contributed by atoms with van der Waals surface area (Å²) in [5, 5.41) is 3.33. The van der Waals surface area contributed by atoms with Crippen LogP contribution in [-0.4, -0.2) is 64.5 Å². The summed E-state index contributed by atoms with van der Waals surface area (Å²) in [7, 11) is 2.08. The number of nitrogens with zero attached hydrogens (tertiary/aromatic N) is 5. The fraction of sp³-hybridized carbons (Fsp3) is 0.417. The molecule has 0 bridgehead atoms. The first-order valence-electron chi connectivity index (χ1n) is 11.2. The van der Waals surface area contributed by atoms with Crippen LogP contribution in [0.15, 0.2) is 43.1 Å². The first kappa shape index (κ1) is 22.7. The number of nitrogens with one attached hydrogen (secondary N) is 1. The predicted molar refractivity (Wildman–Crippen MR) is 126 cm³/mol. The van der Waals surface area contributed by atoms with Crippen molar-refractivity contribution < 1.29 is 14.3 Å². The maximum Gasteiger partial charge on any atom is 0.415 e. The normalized spacial score (nSPS) is 16.7. The number of likely N-dealkylation sites (N-methyl/N-ethyl adjacent to an activating group) is 1. The molecule has 1 aromatic heterocycles. The molecule has 2 aliphatic rings. The maximum atomic E-state index is 12.0. The van der Waals surface area contributed by atoms with Crippen LogP contribution >= 0.6 is 0 Å². The van der Waals surface area contributed by atoms with Gasteiger partial charge in [0.1, 0.15) is 12.4 Å². The van der Waals surface area contributed by atoms with E-state index in [-0.39, 0.29) is 24.6 Å². The van der Waals surface area contributed by atoms with E-state index in [4.69, 9.17) is 4.74 Å². The van der Waals surface area contributed by atoms with Crippen LogP contribution in [0.25, 0.3) is 0 Å². The van der Waals surface area contributed by atoms with E-state index in [1.54, 1.807) is 11.1 Å². The molecule has 1 N–H and O–H groups in total. The van der Waals surface area contributed by atoms with Gasteiger partial charge in [-0.05, 0) is 38.1 Å². The third-order valence-corrected chi connectivity index (χ3v) is 6.21. The Bertz CT molecular complexity index is 1030. The van der Waals surface area contributed by atoms with Gasteiger partial charge in [-0.25, -0.2) is 9.78 Å². The number of cyclic esters (lactones) is 1. The number of fused-ring (bicyclic) bond motifs is 1. The molecule has 174 valence electrons. The number of aromatic nitrogens is 2. The molecule has 2 aromatic rings. The van der Waals surface area contributed by atoms with Gasteiger partial charge in [0, 0.05) is 38.4 Å². The van der Waals surface area contributed by atoms with Crippen LogP contribution in [0.4, 0.5) is 16.6 Å². The van der Waals surface area contributed by atoms with Crippen molar-refractivity contribution in [2.24, 2.45) is 0 Å². The average Bonchev–Trinajstić information content (AvgIpc) is 2.78. The van der Waals surface area contributed by atoms with Gasteiger partial charge in [0.15, 0.2) is 0 Å². The lowest BCUT2D eigenvalue weighted by atomic mass is 10.0. The Balaban J connectivity index is 1.35. The van der Waals surface area contributed by atoms with Crippen molar-refractivity contribution in [1.29, 1.82) is 0 Å². The summed E-state index contributed by atoms with van der Waals surface area (Å²) in [6.07, 6.45) is 2.69. The smallest absolute Gasteiger partial charge is 0.415 e. The number of benzene rings is 1. The molecule has 2 amide bonds. The third-order valence-electron chi connectivity index (χ3n) is 6.21. The van der Waals surface area contributed by atoms with Crippen LogP contribution in [0.5, 0.6) is 0 Å². The number of rotatable bonds is 8. The van der Waals surface area contributed by atoms with Gasteiger partial charge in [-0.1, -0.05) is 30.8 Å². The maximum absolute atomic E-state index is 12.0. The summed E-state index contributed by atoms with van der Waals surface area (Å²) in [5.41, 5.74) is 3.12. The topological polar surface area (TPSA) is 90.9 Å². The molecular formula is C24H30N6O3. The molecule has 9 nitrogen and oxygen atoms in total. The Morgan fingerprint density at radius 3 is 2.76 bits per heavy atom. The van der Waals surface area contributed by atoms with Gasteiger partial charge >= 0.3 is 6.09 Å². The van der Waals surface area contributed by atoms with E-state index in [1.165, 1.54) is 16.5 Å². The van der Waals surface area contributed by atoms with Gasteiger partial charge in [-0.2, -0.15) is 4.98 Å². The third kappa shape index (κ3) is 4.83. The van der Waals surface area contributed by atoms with Crippen LogP contribution in [0.3, 0.4) is 0 Å². The van der Waals surface area contributed by atoms with E-state index >= 15 is 0 Å². The first-order chi connectivity index (χ1) is 15.9. The van der Waals surface area contributed by atoms with Crippen LogP contribution in [0.2, 0.25) is 0 Å². The summed E-state index contributed by atoms with van der Waals surface area (Å²) in [6.45, 7) is 10.5. The summed E-state index contributed by atoms with van der Waals surface area (Å²) in [6, 6.07) is 8.81. The number of hydrogen-bond acceptors (Lipinski definition) is 7. The van der Waals surface area contributed by atoms with E-state index in [0.717, 1.165) is 30.8 Å². The zero-order valence-electron chi connectivity index (χ0n) is 19.3. The molecule has 4 rings (SSSR count). The molecule has 33 heavy (non-hydrogen) atoms. The van der Waals surface area contributed by atoms with E-state index in [1.807, 2.05) is 6.92 Å². The number of anilines is 2. The lowest BCUT2D eigenvalue weighted by Crippen LogP contribution is -2.59. The molecule has 1 aromatic carbocycles. The lowest BCUT2D eigenvalue weighted by Gasteiger charge is -2.43. The molecule has 0 radical (unpaired) electrons. The molecule has 0 saturated carbocycles. The highest BCUT2D eigenvalue weighted by Gasteiger charge is 2.32. The molecule has 0 spiro atoms. The molecular weight excluding hydrogens is 420 g/mol. The van der Waals surface area contributed by atoms with Crippen LogP contribution in [0, 0.1) is 0 Å². The zero-order chi connectivity index (χ0) is 23.5. The first-order valence-corrected chi connectivity index (χ1v) is 11.2. The molecule has 1 saturated heterocycles. The number of carbonyl (C=O) groups is 2. The van der Waals surface area contributed by atoms with Gasteiger partial charge in [-0.15, -0.1) is 0 Å². The standard InChI is InChI=1S/C24H30N6O3/c1-5-21(31)29-13-20(14-29)28(4)12-17-7-9-18(10-8-17)16(3)26-23-25-11-19-15-33-24(32)30(6-2)22(19)27-23/h5,7-11,16,20H,1,6,12-15H2,2-4H3,(H,25,26,27). The Morgan fingerprint density at radius 2 is 2.09 bits per heavy atom. The number of carbonyl (C=O) groups excluding carboxylic acids is 2. The highest BCUT2D eigenvalue weighted by atomic mass is 16.6. The summed E-state index contributed by atoms with van der Waals surface area (Å²) >= 11 is 0. The average molecular weight is 451 g/mol. The second-order valence-corrected chi connectivity index (χ2v) is 8.47. The van der Waals surface area contributed by atoms with E-state index in [0.29, 0.717) is 24.4 Å². The Morgan fingerprint density at radius 1 is 1.36 bits per heavy atom. The zero-order valence-corrected chi connectivity index (χ0v) is 19.3. The Kier molecular flexibility index (Phi) is 6.60. The number of ether oxygens (including phenoxy) is 1. The SMILES string of the molecule is C=CC(=O)N1CC(N(C)Cc2ccc(C(C)Nc3ncc4c(n3)N(CC)C(=O)OC4)cc2)C1. The minimum Gasteiger partial charge on any atom is -0.444 e. The molecule has 1 atom stereocenters. The second kappa shape index (κ2) is 9.58. The molecule has 1 unspecified atom stereocenters. The van der Waals surface area contributed by atoms with Gasteiger partial charge < -0.3 is 15.0 Å². The molecule has 9 heteroatoms. The summed E-state index contributed by atoms with van der Waals surface area (Å²) < 4.78 is 5.14. The largest absolute Gasteiger partial charge is 0.444 e. The molecule has 0 aliphatic carbocycles. The van der Waals surface area contributed by atoms with E-state index in [9.17, 15) is 9.59 Å². The summed E-state index contributed by atoms with van der Waals surface area (Å²) in [4.78, 5) is 38.1. The van der Waals surface area contributed by atoms with Crippen molar-refractivity contribution in [3.8, 4) is 0 Å². The minimum atomic E-state index is -0.384. The molecule has 3 heterocycles. The Hall–Kier alpha value is -3.46. The molecule has 1 fully saturated rings. The predicted octanol–water partition coefficient (Wildman–Crippen LogP) is 2.95. The van der Waals surface area contributed by atoms with Crippen molar-refractivity contribution in [2.75, 3.05) is 36.9 Å². The van der Waals surface area contributed by atoms with E-state index < -0.39 is 0 Å². The van der Waals surface area contributed by atoms with Crippen LogP contribution in [-0.2, 0) is 22.7 Å².